The van der Waals surface area contributed by atoms with Crippen LogP contribution in [0.3, 0.4) is 0 Å². The Morgan fingerprint density at radius 2 is 2.17 bits per heavy atom. The molecule has 1 amide bonds. The largest absolute Gasteiger partial charge is 0.337 e. The van der Waals surface area contributed by atoms with Gasteiger partial charge in [-0.1, -0.05) is 6.07 Å². The highest BCUT2D eigenvalue weighted by molar-refractivity contribution is 7.09. The molecule has 0 fully saturated rings. The predicted molar refractivity (Wildman–Crippen MR) is 71.3 cm³/mol. The average molecular weight is 263 g/mol. The zero-order valence-corrected chi connectivity index (χ0v) is 11.1. The van der Waals surface area contributed by atoms with Crippen LogP contribution in [0.4, 0.5) is 4.39 Å². The lowest BCUT2D eigenvalue weighted by Gasteiger charge is -2.16. The third-order valence-electron chi connectivity index (χ3n) is 2.72. The normalized spacial score (nSPS) is 10.4. The minimum absolute atomic E-state index is 0.0912. The summed E-state index contributed by atoms with van der Waals surface area (Å²) in [5.74, 6) is -0.376. The molecule has 0 bridgehead atoms. The zero-order chi connectivity index (χ0) is 13.1. The van der Waals surface area contributed by atoms with E-state index >= 15 is 0 Å². The fourth-order valence-corrected chi connectivity index (χ4v) is 2.46. The zero-order valence-electron chi connectivity index (χ0n) is 10.3. The second-order valence-corrected chi connectivity index (χ2v) is 5.24. The number of benzene rings is 1. The Morgan fingerprint density at radius 3 is 2.78 bits per heavy atom. The Morgan fingerprint density at radius 1 is 1.39 bits per heavy atom. The van der Waals surface area contributed by atoms with Gasteiger partial charge in [0.05, 0.1) is 6.54 Å². The number of hydrogen-bond acceptors (Lipinski definition) is 2. The minimum Gasteiger partial charge on any atom is -0.337 e. The van der Waals surface area contributed by atoms with E-state index < -0.39 is 0 Å². The van der Waals surface area contributed by atoms with Gasteiger partial charge in [-0.05, 0) is 42.1 Å². The summed E-state index contributed by atoms with van der Waals surface area (Å²) in [6.45, 7) is 2.23. The summed E-state index contributed by atoms with van der Waals surface area (Å²) in [6, 6.07) is 8.39. The second-order valence-electron chi connectivity index (χ2n) is 4.20. The van der Waals surface area contributed by atoms with E-state index in [1.165, 1.54) is 12.1 Å². The molecule has 0 radical (unpaired) electrons. The first-order chi connectivity index (χ1) is 8.58. The first-order valence-corrected chi connectivity index (χ1v) is 6.50. The third kappa shape index (κ3) is 2.76. The van der Waals surface area contributed by atoms with Crippen molar-refractivity contribution in [1.82, 2.24) is 4.90 Å². The van der Waals surface area contributed by atoms with E-state index in [0.717, 1.165) is 4.88 Å². The molecule has 0 atom stereocenters. The molecule has 1 aromatic heterocycles. The van der Waals surface area contributed by atoms with Crippen molar-refractivity contribution in [1.29, 1.82) is 0 Å². The Bertz CT molecular complexity index is 551. The Labute approximate surface area is 110 Å². The van der Waals surface area contributed by atoms with Crippen molar-refractivity contribution in [3.8, 4) is 0 Å². The van der Waals surface area contributed by atoms with Gasteiger partial charge < -0.3 is 4.90 Å². The molecule has 18 heavy (non-hydrogen) atoms. The minimum atomic E-state index is -0.285. The summed E-state index contributed by atoms with van der Waals surface area (Å²) in [6.07, 6.45) is 0. The molecule has 0 saturated heterocycles. The average Bonchev–Trinajstić information content (AvgIpc) is 2.84. The Balaban J connectivity index is 2.12. The van der Waals surface area contributed by atoms with Crippen LogP contribution in [-0.2, 0) is 6.54 Å². The molecule has 2 nitrogen and oxygen atoms in total. The molecule has 0 aliphatic heterocycles. The van der Waals surface area contributed by atoms with Crippen LogP contribution in [0.5, 0.6) is 0 Å². The smallest absolute Gasteiger partial charge is 0.253 e. The fourth-order valence-electron chi connectivity index (χ4n) is 1.71. The van der Waals surface area contributed by atoms with Crippen LogP contribution in [0.1, 0.15) is 20.8 Å². The molecule has 0 unspecified atom stereocenters. The maximum absolute atomic E-state index is 13.1. The van der Waals surface area contributed by atoms with Gasteiger partial charge in [0.25, 0.3) is 5.91 Å². The van der Waals surface area contributed by atoms with Gasteiger partial charge in [0.15, 0.2) is 0 Å². The van der Waals surface area contributed by atoms with Crippen molar-refractivity contribution in [2.24, 2.45) is 0 Å². The van der Waals surface area contributed by atoms with Crippen molar-refractivity contribution in [3.05, 3.63) is 57.5 Å². The van der Waals surface area contributed by atoms with Gasteiger partial charge in [0, 0.05) is 17.5 Å². The van der Waals surface area contributed by atoms with Gasteiger partial charge in [-0.2, -0.15) is 0 Å². The second kappa shape index (κ2) is 5.31. The van der Waals surface area contributed by atoms with E-state index in [2.05, 4.69) is 0 Å². The van der Waals surface area contributed by atoms with E-state index in [9.17, 15) is 9.18 Å². The maximum atomic E-state index is 13.1. The van der Waals surface area contributed by atoms with E-state index in [1.807, 2.05) is 17.5 Å². The van der Waals surface area contributed by atoms with Gasteiger partial charge >= 0.3 is 0 Å². The number of amides is 1. The van der Waals surface area contributed by atoms with Crippen LogP contribution in [0.2, 0.25) is 0 Å². The molecule has 4 heteroatoms. The molecule has 2 rings (SSSR count). The third-order valence-corrected chi connectivity index (χ3v) is 3.59. The molecular weight excluding hydrogens is 249 g/mol. The number of rotatable bonds is 3. The highest BCUT2D eigenvalue weighted by atomic mass is 32.1. The van der Waals surface area contributed by atoms with Gasteiger partial charge in [-0.25, -0.2) is 4.39 Å². The van der Waals surface area contributed by atoms with Crippen molar-refractivity contribution >= 4 is 17.2 Å². The predicted octanol–water partition coefficient (Wildman–Crippen LogP) is 3.47. The SMILES string of the molecule is Cc1cc(C(=O)N(C)Cc2cccs2)ccc1F. The van der Waals surface area contributed by atoms with Gasteiger partial charge in [-0.3, -0.25) is 4.79 Å². The molecule has 0 aliphatic carbocycles. The Hall–Kier alpha value is -1.68. The lowest BCUT2D eigenvalue weighted by Crippen LogP contribution is -2.25. The summed E-state index contributed by atoms with van der Waals surface area (Å²) in [7, 11) is 1.75. The fraction of sp³-hybridized carbons (Fsp3) is 0.214. The summed E-state index contributed by atoms with van der Waals surface area (Å²) >= 11 is 1.62. The topological polar surface area (TPSA) is 20.3 Å². The first kappa shape index (κ1) is 12.8. The van der Waals surface area contributed by atoms with Gasteiger partial charge in [0.1, 0.15) is 5.82 Å². The van der Waals surface area contributed by atoms with Crippen LogP contribution >= 0.6 is 11.3 Å². The number of hydrogen-bond donors (Lipinski definition) is 0. The van der Waals surface area contributed by atoms with E-state index in [-0.39, 0.29) is 11.7 Å². The van der Waals surface area contributed by atoms with E-state index in [1.54, 1.807) is 36.3 Å². The highest BCUT2D eigenvalue weighted by Gasteiger charge is 2.13. The van der Waals surface area contributed by atoms with Crippen LogP contribution < -0.4 is 0 Å². The molecular formula is C14H14FNOS. The summed E-state index contributed by atoms with van der Waals surface area (Å²) < 4.78 is 13.1. The lowest BCUT2D eigenvalue weighted by molar-refractivity contribution is 0.0786. The van der Waals surface area contributed by atoms with Crippen LogP contribution in [0.25, 0.3) is 0 Å². The lowest BCUT2D eigenvalue weighted by atomic mass is 10.1. The van der Waals surface area contributed by atoms with Crippen molar-refractivity contribution < 1.29 is 9.18 Å². The highest BCUT2D eigenvalue weighted by Crippen LogP contribution is 2.15. The molecule has 2 aromatic rings. The van der Waals surface area contributed by atoms with Crippen molar-refractivity contribution in [3.63, 3.8) is 0 Å². The standard InChI is InChI=1S/C14H14FNOS/c1-10-8-11(5-6-13(10)15)14(17)16(2)9-12-4-3-7-18-12/h3-8H,9H2,1-2H3. The molecule has 0 spiro atoms. The quantitative estimate of drug-likeness (QED) is 0.830. The number of carbonyl (C=O) groups is 1. The van der Waals surface area contributed by atoms with Crippen LogP contribution in [0, 0.1) is 12.7 Å². The molecule has 1 heterocycles. The number of thiophene rings is 1. The van der Waals surface area contributed by atoms with Crippen LogP contribution in [0.15, 0.2) is 35.7 Å². The number of halogens is 1. The van der Waals surface area contributed by atoms with E-state index in [4.69, 9.17) is 0 Å². The van der Waals surface area contributed by atoms with Gasteiger partial charge in [0.2, 0.25) is 0 Å². The Kier molecular flexibility index (Phi) is 3.77. The summed E-state index contributed by atoms with van der Waals surface area (Å²) in [5.41, 5.74) is 1.01. The molecule has 0 saturated carbocycles. The maximum Gasteiger partial charge on any atom is 0.253 e. The van der Waals surface area contributed by atoms with Crippen molar-refractivity contribution in [2.75, 3.05) is 7.05 Å². The van der Waals surface area contributed by atoms with Crippen LogP contribution in [-0.4, -0.2) is 17.9 Å². The molecule has 94 valence electrons. The number of nitrogens with zero attached hydrogens (tertiary/aromatic N) is 1. The van der Waals surface area contributed by atoms with Gasteiger partial charge in [-0.15, -0.1) is 11.3 Å². The molecule has 0 aliphatic rings. The molecule has 1 aromatic carbocycles. The monoisotopic (exact) mass is 263 g/mol. The van der Waals surface area contributed by atoms with E-state index in [0.29, 0.717) is 17.7 Å². The first-order valence-electron chi connectivity index (χ1n) is 5.62. The summed E-state index contributed by atoms with van der Waals surface area (Å²) in [4.78, 5) is 14.9. The number of carbonyl (C=O) groups excluding carboxylic acids is 1. The number of aryl methyl sites for hydroxylation is 1. The van der Waals surface area contributed by atoms with Crippen molar-refractivity contribution in [2.45, 2.75) is 13.5 Å². The summed E-state index contributed by atoms with van der Waals surface area (Å²) in [5, 5.41) is 1.98. The molecule has 0 N–H and O–H groups in total.